The topological polar surface area (TPSA) is 30.7 Å². The van der Waals surface area contributed by atoms with Gasteiger partial charge in [0, 0.05) is 38.1 Å². The molecule has 12 rings (SSSR count). The van der Waals surface area contributed by atoms with E-state index >= 15 is 0 Å². The van der Waals surface area contributed by atoms with Crippen LogP contribution >= 0.6 is 11.3 Å². The number of aromatic nitrogens is 3. The molecule has 12 aromatic rings. The van der Waals surface area contributed by atoms with Crippen LogP contribution in [-0.4, -0.2) is 22.6 Å². The van der Waals surface area contributed by atoms with Gasteiger partial charge in [0.2, 0.25) is 0 Å². The van der Waals surface area contributed by atoms with Crippen molar-refractivity contribution in [1.29, 1.82) is 0 Å². The molecule has 3 aromatic heterocycles. The molecule has 0 aliphatic heterocycles. The van der Waals surface area contributed by atoms with E-state index in [1.54, 1.807) is 0 Å². The molecule has 0 amide bonds. The molecule has 0 saturated heterocycles. The van der Waals surface area contributed by atoms with Gasteiger partial charge in [-0.15, -0.1) is 48.0 Å². The van der Waals surface area contributed by atoms with Crippen LogP contribution < -0.4 is 5.19 Å². The maximum atomic E-state index is 8.58. The zero-order valence-electron chi connectivity index (χ0n) is 40.8. The summed E-state index contributed by atoms with van der Waals surface area (Å²) < 4.78 is 13.4. The number of pyridine rings is 1. The van der Waals surface area contributed by atoms with Gasteiger partial charge in [-0.3, -0.25) is 4.98 Å². The van der Waals surface area contributed by atoms with Gasteiger partial charge in [-0.2, -0.15) is 11.3 Å². The second-order valence-corrected chi connectivity index (χ2v) is 25.0. The molecule has 0 fully saturated rings. The molecule has 6 heteroatoms. The van der Waals surface area contributed by atoms with Crippen molar-refractivity contribution < 1.29 is 21.5 Å². The third-order valence-corrected chi connectivity index (χ3v) is 16.2. The molecule has 3 nitrogen and oxygen atoms in total. The fourth-order valence-corrected chi connectivity index (χ4v) is 12.2. The Morgan fingerprint density at radius 1 is 0.586 bits per heavy atom. The van der Waals surface area contributed by atoms with Crippen molar-refractivity contribution in [2.24, 2.45) is 0 Å². The molecule has 70 heavy (non-hydrogen) atoms. The Morgan fingerprint density at radius 2 is 1.17 bits per heavy atom. The van der Waals surface area contributed by atoms with Crippen LogP contribution in [0.1, 0.15) is 26.7 Å². The molecule has 0 aliphatic carbocycles. The molecule has 0 saturated carbocycles. The molecule has 0 unspecified atom stereocenters. The van der Waals surface area contributed by atoms with Crippen LogP contribution in [0, 0.1) is 12.1 Å². The van der Waals surface area contributed by atoms with Gasteiger partial charge in [-0.25, -0.2) is 0 Å². The fourth-order valence-electron chi connectivity index (χ4n) is 9.35. The Balaban J connectivity index is 0.000000185. The Bertz CT molecular complexity index is 3820. The van der Waals surface area contributed by atoms with Crippen molar-refractivity contribution in [3.63, 3.8) is 0 Å². The molecule has 1 radical (unpaired) electrons. The van der Waals surface area contributed by atoms with Crippen LogP contribution in [0.5, 0.6) is 0 Å². The minimum absolute atomic E-state index is 0. The molecular weight excluding hydrogens is 1060 g/mol. The summed E-state index contributed by atoms with van der Waals surface area (Å²) in [6.07, 6.45) is 1.99. The first-order chi connectivity index (χ1) is 34.0. The zero-order valence-corrected chi connectivity index (χ0v) is 44.0. The quantitative estimate of drug-likeness (QED) is 0.112. The minimum Gasteiger partial charge on any atom is -0.333 e. The number of hydrogen-bond donors (Lipinski definition) is 0. The van der Waals surface area contributed by atoms with Crippen LogP contribution in [0.25, 0.3) is 104 Å². The largest absolute Gasteiger partial charge is 0.333 e. The number of hydrogen-bond acceptors (Lipinski definition) is 3. The van der Waals surface area contributed by atoms with Crippen LogP contribution in [0.15, 0.2) is 212 Å². The maximum absolute atomic E-state index is 8.58. The van der Waals surface area contributed by atoms with Crippen molar-refractivity contribution in [1.82, 2.24) is 14.5 Å². The molecule has 0 aliphatic rings. The number of nitrogens with zero attached hydrogens (tertiary/aromatic N) is 3. The Labute approximate surface area is 431 Å². The number of imidazole rings is 1. The van der Waals surface area contributed by atoms with E-state index in [4.69, 9.17) is 11.3 Å². The number of fused-ring (bicyclic) bond motifs is 5. The predicted molar refractivity (Wildman–Crippen MR) is 298 cm³/mol. The third kappa shape index (κ3) is 9.24. The molecule has 343 valence electrons. The van der Waals surface area contributed by atoms with Crippen LogP contribution in [0.3, 0.4) is 0 Å². The van der Waals surface area contributed by atoms with Gasteiger partial charge in [0.25, 0.3) is 0 Å². The number of rotatable bonds is 8. The van der Waals surface area contributed by atoms with E-state index < -0.39 is 14.0 Å². The van der Waals surface area contributed by atoms with E-state index in [1.165, 1.54) is 63.9 Å². The van der Waals surface area contributed by atoms with Gasteiger partial charge in [0.15, 0.2) is 0 Å². The molecule has 0 atom stereocenters. The van der Waals surface area contributed by atoms with Gasteiger partial charge in [0.05, 0.1) is 24.9 Å². The van der Waals surface area contributed by atoms with Crippen molar-refractivity contribution in [2.75, 3.05) is 0 Å². The van der Waals surface area contributed by atoms with Crippen LogP contribution in [-0.2, 0) is 20.1 Å². The zero-order chi connectivity index (χ0) is 48.0. The molecule has 9 aromatic carbocycles. The molecule has 0 bridgehead atoms. The SMILES string of the molecule is [2H]C(C)(C)c1cc(-c2[c-]cc(-c3ccccc3)cc2)ncc1[Si](C)(C)C.[Ir].[c-]1ccc2c(sc3cc(-c4ccccc4)ccc32)c1-c1nc2cc3ccccc3cc2n1-c1ccc(-c2ccccc2)cc1. The first-order valence-electron chi connectivity index (χ1n) is 24.0. The minimum atomic E-state index is -1.56. The number of thiophene rings is 1. The second kappa shape index (κ2) is 19.7. The van der Waals surface area contributed by atoms with E-state index in [-0.39, 0.29) is 20.1 Å². The number of benzene rings is 9. The third-order valence-electron chi connectivity index (χ3n) is 13.0. The Hall–Kier alpha value is -7.05. The van der Waals surface area contributed by atoms with Crippen molar-refractivity contribution in [3.8, 4) is 61.7 Å². The summed E-state index contributed by atoms with van der Waals surface area (Å²) in [5.74, 6) is 0.264. The normalized spacial score (nSPS) is 11.9. The van der Waals surface area contributed by atoms with Gasteiger partial charge in [0.1, 0.15) is 0 Å². The molecule has 0 N–H and O–H groups in total. The summed E-state index contributed by atoms with van der Waals surface area (Å²) in [5.41, 5.74) is 14.3. The summed E-state index contributed by atoms with van der Waals surface area (Å²) in [7, 11) is -1.56. The molecule has 0 spiro atoms. The standard InChI is InChI=1S/C41H25N2S.C23H26NSi.Ir/c1-3-10-27(11-4-1)29-18-21-33(22-19-29)43-38-25-31-15-8-7-14-30(31)24-37(38)42-41(43)36-17-9-16-35-34-23-20-32(26-39(34)44-40(35)36)28-12-5-2-6-13-28;1-17(2)21-15-22(24-16-23(21)25(3,4)5)20-13-11-19(12-14-20)18-9-7-6-8-10-18;/h1-16,18-26H;6-13,15-17H,1-5H3;/q2*-1;/i;17D;. The van der Waals surface area contributed by atoms with E-state index in [2.05, 4.69) is 212 Å². The summed E-state index contributed by atoms with van der Waals surface area (Å²) in [6.45, 7) is 10.8. The fraction of sp³-hybridized carbons (Fsp3) is 0.0938. The van der Waals surface area contributed by atoms with Gasteiger partial charge >= 0.3 is 0 Å². The first-order valence-corrected chi connectivity index (χ1v) is 27.9. The second-order valence-electron chi connectivity index (χ2n) is 18.9. The molecule has 3 heterocycles. The molecular formula is C64H51IrN3SSi-2. The van der Waals surface area contributed by atoms with E-state index in [0.29, 0.717) is 0 Å². The maximum Gasteiger partial charge on any atom is 0.0799 e. The summed E-state index contributed by atoms with van der Waals surface area (Å²) in [5, 5.41) is 6.16. The summed E-state index contributed by atoms with van der Waals surface area (Å²) in [4.78, 5) is 10.0. The smallest absolute Gasteiger partial charge is 0.0799 e. The van der Waals surface area contributed by atoms with Crippen LogP contribution in [0.4, 0.5) is 0 Å². The predicted octanol–water partition coefficient (Wildman–Crippen LogP) is 17.2. The van der Waals surface area contributed by atoms with E-state index in [0.717, 1.165) is 50.5 Å². The van der Waals surface area contributed by atoms with Gasteiger partial charge in [-0.05, 0) is 90.2 Å². The van der Waals surface area contributed by atoms with Gasteiger partial charge in [-0.1, -0.05) is 207 Å². The van der Waals surface area contributed by atoms with Crippen molar-refractivity contribution in [2.45, 2.75) is 39.4 Å². The summed E-state index contributed by atoms with van der Waals surface area (Å²) in [6, 6.07) is 79.6. The summed E-state index contributed by atoms with van der Waals surface area (Å²) >= 11 is 1.82. The average molecular weight is 1120 g/mol. The first kappa shape index (κ1) is 45.4. The monoisotopic (exact) mass is 1120 g/mol. The van der Waals surface area contributed by atoms with Crippen molar-refractivity contribution in [3.05, 3.63) is 230 Å². The van der Waals surface area contributed by atoms with Crippen LogP contribution in [0.2, 0.25) is 19.6 Å². The van der Waals surface area contributed by atoms with Gasteiger partial charge < -0.3 is 9.55 Å². The Kier molecular flexibility index (Phi) is 12.8. The van der Waals surface area contributed by atoms with E-state index in [9.17, 15) is 0 Å². The van der Waals surface area contributed by atoms with Crippen molar-refractivity contribution >= 4 is 66.6 Å². The van der Waals surface area contributed by atoms with E-state index in [1.807, 2.05) is 61.7 Å². The Morgan fingerprint density at radius 3 is 1.80 bits per heavy atom. The average Bonchev–Trinajstić information content (AvgIpc) is 3.96.